The number of hydrogen-bond acceptors (Lipinski definition) is 3. The summed E-state index contributed by atoms with van der Waals surface area (Å²) in [5.41, 5.74) is -0.409. The van der Waals surface area contributed by atoms with Crippen LogP contribution in [0.2, 0.25) is 0 Å². The Kier molecular flexibility index (Phi) is 3.85. The van der Waals surface area contributed by atoms with Crippen molar-refractivity contribution in [1.29, 1.82) is 0 Å². The van der Waals surface area contributed by atoms with E-state index in [0.29, 0.717) is 12.1 Å². The molecule has 4 heteroatoms. The van der Waals surface area contributed by atoms with E-state index in [0.717, 1.165) is 19.4 Å². The van der Waals surface area contributed by atoms with Crippen molar-refractivity contribution in [3.8, 4) is 0 Å². The number of ether oxygens (including phenoxy) is 1. The zero-order valence-electron chi connectivity index (χ0n) is 12.0. The molecule has 104 valence electrons. The summed E-state index contributed by atoms with van der Waals surface area (Å²) in [5.74, 6) is 0. The fourth-order valence-corrected chi connectivity index (χ4v) is 2.50. The molecule has 2 rings (SSSR count). The van der Waals surface area contributed by atoms with Gasteiger partial charge in [0.05, 0.1) is 0 Å². The third-order valence-corrected chi connectivity index (χ3v) is 3.64. The Hall–Kier alpha value is -0.770. The van der Waals surface area contributed by atoms with Crippen LogP contribution in [0.4, 0.5) is 4.79 Å². The highest BCUT2D eigenvalue weighted by molar-refractivity contribution is 5.68. The summed E-state index contributed by atoms with van der Waals surface area (Å²) in [7, 11) is 0. The lowest BCUT2D eigenvalue weighted by Crippen LogP contribution is -2.55. The first-order valence-corrected chi connectivity index (χ1v) is 7.12. The molecule has 18 heavy (non-hydrogen) atoms. The second-order valence-corrected chi connectivity index (χ2v) is 6.60. The molecule has 4 nitrogen and oxygen atoms in total. The van der Waals surface area contributed by atoms with Crippen LogP contribution < -0.4 is 5.32 Å². The molecule has 2 fully saturated rings. The van der Waals surface area contributed by atoms with Crippen molar-refractivity contribution in [1.82, 2.24) is 10.2 Å². The van der Waals surface area contributed by atoms with Crippen LogP contribution in [0.1, 0.15) is 53.4 Å². The minimum absolute atomic E-state index is 0.169. The Labute approximate surface area is 110 Å². The van der Waals surface area contributed by atoms with Crippen LogP contribution in [0.25, 0.3) is 0 Å². The summed E-state index contributed by atoms with van der Waals surface area (Å²) < 4.78 is 5.48. The molecule has 0 aromatic heterocycles. The molecule has 0 bridgehead atoms. The molecule has 2 aliphatic rings. The summed E-state index contributed by atoms with van der Waals surface area (Å²) in [6, 6.07) is 1.35. The van der Waals surface area contributed by atoms with E-state index in [-0.39, 0.29) is 12.1 Å². The van der Waals surface area contributed by atoms with Crippen LogP contribution in [-0.2, 0) is 4.74 Å². The van der Waals surface area contributed by atoms with Crippen molar-refractivity contribution in [2.24, 2.45) is 0 Å². The second kappa shape index (κ2) is 5.08. The number of hydrogen-bond donors (Lipinski definition) is 1. The van der Waals surface area contributed by atoms with Crippen LogP contribution >= 0.6 is 0 Å². The van der Waals surface area contributed by atoms with Gasteiger partial charge in [-0.2, -0.15) is 0 Å². The van der Waals surface area contributed by atoms with Crippen LogP contribution in [0.3, 0.4) is 0 Å². The van der Waals surface area contributed by atoms with Gasteiger partial charge < -0.3 is 15.0 Å². The van der Waals surface area contributed by atoms with E-state index >= 15 is 0 Å². The third kappa shape index (κ3) is 3.61. The second-order valence-electron chi connectivity index (χ2n) is 6.60. The molecule has 1 saturated heterocycles. The van der Waals surface area contributed by atoms with Gasteiger partial charge in [0.1, 0.15) is 5.60 Å². The zero-order valence-corrected chi connectivity index (χ0v) is 12.0. The predicted octanol–water partition coefficient (Wildman–Crippen LogP) is 2.53. The van der Waals surface area contributed by atoms with Crippen LogP contribution in [-0.4, -0.2) is 41.3 Å². The molecule has 2 atom stereocenters. The van der Waals surface area contributed by atoms with Crippen molar-refractivity contribution in [3.63, 3.8) is 0 Å². The Balaban J connectivity index is 1.92. The number of piperidine rings is 1. The monoisotopic (exact) mass is 254 g/mol. The molecule has 0 aromatic carbocycles. The lowest BCUT2D eigenvalue weighted by atomic mass is 9.98. The molecule has 0 radical (unpaired) electrons. The lowest BCUT2D eigenvalue weighted by molar-refractivity contribution is 0.00696. The molecule has 2 unspecified atom stereocenters. The Morgan fingerprint density at radius 1 is 1.28 bits per heavy atom. The van der Waals surface area contributed by atoms with E-state index in [1.165, 1.54) is 12.8 Å². The van der Waals surface area contributed by atoms with Crippen molar-refractivity contribution < 1.29 is 9.53 Å². The van der Waals surface area contributed by atoms with E-state index in [1.54, 1.807) is 0 Å². The van der Waals surface area contributed by atoms with Gasteiger partial charge in [-0.25, -0.2) is 4.79 Å². The van der Waals surface area contributed by atoms with E-state index in [9.17, 15) is 4.79 Å². The van der Waals surface area contributed by atoms with Gasteiger partial charge in [-0.15, -0.1) is 0 Å². The summed E-state index contributed by atoms with van der Waals surface area (Å²) in [6.45, 7) is 8.69. The van der Waals surface area contributed by atoms with Crippen LogP contribution in [0.15, 0.2) is 0 Å². The predicted molar refractivity (Wildman–Crippen MR) is 71.6 cm³/mol. The van der Waals surface area contributed by atoms with Crippen molar-refractivity contribution in [2.45, 2.75) is 77.1 Å². The highest BCUT2D eigenvalue weighted by Crippen LogP contribution is 2.25. The highest BCUT2D eigenvalue weighted by atomic mass is 16.6. The van der Waals surface area contributed by atoms with Gasteiger partial charge in [0.25, 0.3) is 0 Å². The number of carbonyl (C=O) groups excluding carboxylic acids is 1. The minimum Gasteiger partial charge on any atom is -0.444 e. The fraction of sp³-hybridized carbons (Fsp3) is 0.929. The van der Waals surface area contributed by atoms with E-state index in [2.05, 4.69) is 12.2 Å². The normalized spacial score (nSPS) is 29.2. The molecular formula is C14H26N2O2. The maximum absolute atomic E-state index is 12.1. The first-order valence-electron chi connectivity index (χ1n) is 7.12. The summed E-state index contributed by atoms with van der Waals surface area (Å²) in [5, 5.41) is 3.64. The summed E-state index contributed by atoms with van der Waals surface area (Å²) in [6.07, 6.45) is 4.63. The molecule has 1 heterocycles. The molecule has 1 N–H and O–H groups in total. The number of nitrogens with one attached hydrogen (secondary N) is 1. The zero-order chi connectivity index (χ0) is 13.3. The van der Waals surface area contributed by atoms with Gasteiger partial charge >= 0.3 is 6.09 Å². The summed E-state index contributed by atoms with van der Waals surface area (Å²) >= 11 is 0. The first-order chi connectivity index (χ1) is 8.37. The van der Waals surface area contributed by atoms with E-state index in [4.69, 9.17) is 4.74 Å². The lowest BCUT2D eigenvalue weighted by Gasteiger charge is -2.40. The minimum atomic E-state index is -0.409. The van der Waals surface area contributed by atoms with Gasteiger partial charge in [-0.1, -0.05) is 0 Å². The average molecular weight is 254 g/mol. The van der Waals surface area contributed by atoms with E-state index in [1.807, 2.05) is 25.7 Å². The Morgan fingerprint density at radius 3 is 2.50 bits per heavy atom. The summed E-state index contributed by atoms with van der Waals surface area (Å²) in [4.78, 5) is 14.0. The molecule has 1 aliphatic heterocycles. The quantitative estimate of drug-likeness (QED) is 0.823. The topological polar surface area (TPSA) is 41.6 Å². The Bertz CT molecular complexity index is 307. The SMILES string of the molecule is CC1C(NC2CC2)CCCN1C(=O)OC(C)(C)C. The largest absolute Gasteiger partial charge is 0.444 e. The number of amides is 1. The third-order valence-electron chi connectivity index (χ3n) is 3.64. The van der Waals surface area contributed by atoms with Crippen molar-refractivity contribution >= 4 is 6.09 Å². The van der Waals surface area contributed by atoms with Crippen molar-refractivity contribution in [2.75, 3.05) is 6.54 Å². The van der Waals surface area contributed by atoms with Gasteiger partial charge in [-0.05, 0) is 53.4 Å². The maximum Gasteiger partial charge on any atom is 0.410 e. The highest BCUT2D eigenvalue weighted by Gasteiger charge is 2.36. The standard InChI is InChI=1S/C14H26N2O2/c1-10-12(15-11-7-8-11)6-5-9-16(10)13(17)18-14(2,3)4/h10-12,15H,5-9H2,1-4H3. The van der Waals surface area contributed by atoms with E-state index < -0.39 is 5.60 Å². The smallest absolute Gasteiger partial charge is 0.410 e. The number of rotatable bonds is 2. The molecule has 1 amide bonds. The van der Waals surface area contributed by atoms with Crippen LogP contribution in [0, 0.1) is 0 Å². The van der Waals surface area contributed by atoms with Crippen molar-refractivity contribution in [3.05, 3.63) is 0 Å². The Morgan fingerprint density at radius 2 is 1.94 bits per heavy atom. The number of carbonyl (C=O) groups is 1. The molecule has 0 aromatic rings. The fourth-order valence-electron chi connectivity index (χ4n) is 2.50. The average Bonchev–Trinajstić information content (AvgIpc) is 3.02. The molecular weight excluding hydrogens is 228 g/mol. The van der Waals surface area contributed by atoms with Gasteiger partial charge in [0, 0.05) is 24.7 Å². The molecule has 1 aliphatic carbocycles. The maximum atomic E-state index is 12.1. The van der Waals surface area contributed by atoms with Gasteiger partial charge in [0.2, 0.25) is 0 Å². The molecule has 0 spiro atoms. The van der Waals surface area contributed by atoms with Crippen LogP contribution in [0.5, 0.6) is 0 Å². The number of likely N-dealkylation sites (tertiary alicyclic amines) is 1. The number of nitrogens with zero attached hydrogens (tertiary/aromatic N) is 1. The van der Waals surface area contributed by atoms with Gasteiger partial charge in [0.15, 0.2) is 0 Å². The van der Waals surface area contributed by atoms with Gasteiger partial charge in [-0.3, -0.25) is 0 Å². The first kappa shape index (κ1) is 13.7. The molecule has 1 saturated carbocycles.